The van der Waals surface area contributed by atoms with Crippen molar-refractivity contribution in [2.45, 2.75) is 32.1 Å². The van der Waals surface area contributed by atoms with E-state index in [4.69, 9.17) is 11.6 Å². The van der Waals surface area contributed by atoms with Crippen molar-refractivity contribution in [3.05, 3.63) is 41.5 Å². The molecule has 0 N–H and O–H groups in total. The lowest BCUT2D eigenvalue weighted by Gasteiger charge is -2.07. The Balaban J connectivity index is 2.90. The lowest BCUT2D eigenvalue weighted by Crippen LogP contribution is -1.91. The number of aryl methyl sites for hydroxylation is 1. The van der Waals surface area contributed by atoms with Crippen molar-refractivity contribution < 1.29 is 0 Å². The van der Waals surface area contributed by atoms with Gasteiger partial charge in [0.2, 0.25) is 0 Å². The van der Waals surface area contributed by atoms with Crippen LogP contribution in [0.3, 0.4) is 0 Å². The van der Waals surface area contributed by atoms with E-state index in [0.29, 0.717) is 5.88 Å². The van der Waals surface area contributed by atoms with Gasteiger partial charge in [-0.05, 0) is 29.5 Å². The Morgan fingerprint density at radius 1 is 1.43 bits per heavy atom. The molecule has 0 aliphatic rings. The van der Waals surface area contributed by atoms with Crippen LogP contribution in [0.25, 0.3) is 6.08 Å². The number of hydrogen-bond acceptors (Lipinski definition) is 0. The Morgan fingerprint density at radius 3 is 2.79 bits per heavy atom. The Hall–Kier alpha value is -0.750. The molecule has 76 valence electrons. The molecule has 0 heterocycles. The molecule has 0 amide bonds. The number of halogens is 1. The van der Waals surface area contributed by atoms with Gasteiger partial charge in [-0.15, -0.1) is 11.6 Å². The summed E-state index contributed by atoms with van der Waals surface area (Å²) in [6.07, 6.45) is 5.50. The summed E-state index contributed by atoms with van der Waals surface area (Å²) in [5.74, 6) is 0.594. The zero-order chi connectivity index (χ0) is 10.4. The van der Waals surface area contributed by atoms with E-state index in [1.165, 1.54) is 29.5 Å². The molecule has 0 aliphatic carbocycles. The molecule has 1 heteroatoms. The van der Waals surface area contributed by atoms with Crippen molar-refractivity contribution in [2.24, 2.45) is 0 Å². The molecule has 1 aromatic rings. The molecule has 0 aromatic heterocycles. The smallest absolute Gasteiger partial charge is 0.0474 e. The van der Waals surface area contributed by atoms with Crippen LogP contribution in [0.2, 0.25) is 0 Å². The number of hydrogen-bond donors (Lipinski definition) is 0. The topological polar surface area (TPSA) is 0 Å². The highest BCUT2D eigenvalue weighted by molar-refractivity contribution is 6.17. The van der Waals surface area contributed by atoms with Gasteiger partial charge in [0.1, 0.15) is 0 Å². The zero-order valence-corrected chi connectivity index (χ0v) is 9.48. The van der Waals surface area contributed by atoms with Gasteiger partial charge in [0, 0.05) is 5.88 Å². The molecule has 0 atom stereocenters. The molecule has 1 rings (SSSR count). The van der Waals surface area contributed by atoms with Crippen LogP contribution in [0.4, 0.5) is 0 Å². The first-order valence-corrected chi connectivity index (χ1v) is 5.65. The van der Waals surface area contributed by atoms with Gasteiger partial charge in [-0.3, -0.25) is 0 Å². The Labute approximate surface area is 91.6 Å². The maximum absolute atomic E-state index is 5.80. The van der Waals surface area contributed by atoms with Crippen LogP contribution < -0.4 is 0 Å². The van der Waals surface area contributed by atoms with Crippen molar-refractivity contribution in [3.8, 4) is 0 Å². The third kappa shape index (κ3) is 2.88. The third-order valence-electron chi connectivity index (χ3n) is 2.38. The maximum Gasteiger partial charge on any atom is 0.0474 e. The van der Waals surface area contributed by atoms with Crippen LogP contribution in [0.5, 0.6) is 0 Å². The molecule has 1 aromatic carbocycles. The third-order valence-corrected chi connectivity index (χ3v) is 2.69. The van der Waals surface area contributed by atoms with Gasteiger partial charge in [0.25, 0.3) is 0 Å². The highest BCUT2D eigenvalue weighted by atomic mass is 35.5. The van der Waals surface area contributed by atoms with E-state index < -0.39 is 0 Å². The predicted molar refractivity (Wildman–Crippen MR) is 64.7 cm³/mol. The minimum absolute atomic E-state index is 0.594. The second kappa shape index (κ2) is 5.87. The first kappa shape index (κ1) is 11.3. The largest absolute Gasteiger partial charge is 0.122 e. The first-order valence-electron chi connectivity index (χ1n) is 5.12. The second-order valence-corrected chi connectivity index (χ2v) is 3.74. The molecule has 0 fully saturated rings. The van der Waals surface area contributed by atoms with Crippen molar-refractivity contribution >= 4 is 17.7 Å². The fourth-order valence-electron chi connectivity index (χ4n) is 1.53. The highest BCUT2D eigenvalue weighted by Crippen LogP contribution is 2.17. The molecule has 14 heavy (non-hydrogen) atoms. The molecular formula is C13H17Cl. The lowest BCUT2D eigenvalue weighted by atomic mass is 10.00. The van der Waals surface area contributed by atoms with Crippen LogP contribution in [0.15, 0.2) is 24.8 Å². The molecule has 0 aliphatic heterocycles. The minimum atomic E-state index is 0.594. The summed E-state index contributed by atoms with van der Waals surface area (Å²) in [5, 5.41) is 0. The van der Waals surface area contributed by atoms with Crippen LogP contribution in [-0.2, 0) is 12.3 Å². The lowest BCUT2D eigenvalue weighted by molar-refractivity contribution is 0.793. The number of benzene rings is 1. The van der Waals surface area contributed by atoms with Crippen LogP contribution in [-0.4, -0.2) is 0 Å². The van der Waals surface area contributed by atoms with Gasteiger partial charge < -0.3 is 0 Å². The van der Waals surface area contributed by atoms with Gasteiger partial charge in [-0.2, -0.15) is 0 Å². The average Bonchev–Trinajstić information content (AvgIpc) is 2.25. The summed E-state index contributed by atoms with van der Waals surface area (Å²) in [5.41, 5.74) is 3.82. The average molecular weight is 209 g/mol. The van der Waals surface area contributed by atoms with Gasteiger partial charge in [-0.25, -0.2) is 0 Å². The first-order chi connectivity index (χ1) is 6.81. The summed E-state index contributed by atoms with van der Waals surface area (Å²) in [6.45, 7) is 6.03. The summed E-state index contributed by atoms with van der Waals surface area (Å²) < 4.78 is 0. The fourth-order valence-corrected chi connectivity index (χ4v) is 1.69. The van der Waals surface area contributed by atoms with E-state index in [0.717, 1.165) is 6.42 Å². The summed E-state index contributed by atoms with van der Waals surface area (Å²) in [7, 11) is 0. The van der Waals surface area contributed by atoms with Crippen molar-refractivity contribution in [3.63, 3.8) is 0 Å². The van der Waals surface area contributed by atoms with E-state index in [9.17, 15) is 0 Å². The maximum atomic E-state index is 5.80. The molecular weight excluding hydrogens is 192 g/mol. The zero-order valence-electron chi connectivity index (χ0n) is 8.72. The number of rotatable bonds is 5. The number of unbranched alkanes of at least 4 members (excludes halogenated alkanes) is 1. The summed E-state index contributed by atoms with van der Waals surface area (Å²) in [4.78, 5) is 0. The van der Waals surface area contributed by atoms with Crippen molar-refractivity contribution in [2.75, 3.05) is 0 Å². The van der Waals surface area contributed by atoms with Crippen LogP contribution in [0.1, 0.15) is 36.5 Å². The van der Waals surface area contributed by atoms with Crippen LogP contribution >= 0.6 is 11.6 Å². The van der Waals surface area contributed by atoms with E-state index in [1.807, 2.05) is 6.08 Å². The monoisotopic (exact) mass is 208 g/mol. The molecule has 0 radical (unpaired) electrons. The Kier molecular flexibility index (Phi) is 4.75. The fraction of sp³-hybridized carbons (Fsp3) is 0.385. The van der Waals surface area contributed by atoms with Gasteiger partial charge in [0.15, 0.2) is 0 Å². The Bertz CT molecular complexity index is 302. The highest BCUT2D eigenvalue weighted by Gasteiger charge is 2.00. The summed E-state index contributed by atoms with van der Waals surface area (Å²) in [6, 6.07) is 6.37. The van der Waals surface area contributed by atoms with Gasteiger partial charge >= 0.3 is 0 Å². The molecule has 0 spiro atoms. The second-order valence-electron chi connectivity index (χ2n) is 3.47. The standard InChI is InChI=1S/C13H17Cl/c1-3-5-6-13-9-11(10-14)7-8-12(13)4-2/h4,7-9H,2-3,5-6,10H2,1H3. The molecule has 0 saturated carbocycles. The van der Waals surface area contributed by atoms with E-state index in [2.05, 4.69) is 31.7 Å². The SMILES string of the molecule is C=Cc1ccc(CCl)cc1CCCC. The molecule has 0 unspecified atom stereocenters. The number of alkyl halides is 1. The summed E-state index contributed by atoms with van der Waals surface area (Å²) >= 11 is 5.80. The van der Waals surface area contributed by atoms with E-state index in [-0.39, 0.29) is 0 Å². The van der Waals surface area contributed by atoms with Gasteiger partial charge in [0.05, 0.1) is 0 Å². The van der Waals surface area contributed by atoms with Gasteiger partial charge in [-0.1, -0.05) is 44.2 Å². The quantitative estimate of drug-likeness (QED) is 0.629. The molecule has 0 bridgehead atoms. The van der Waals surface area contributed by atoms with E-state index in [1.54, 1.807) is 0 Å². The van der Waals surface area contributed by atoms with Crippen molar-refractivity contribution in [1.29, 1.82) is 0 Å². The normalized spacial score (nSPS) is 10.1. The predicted octanol–water partition coefficient (Wildman–Crippen LogP) is 4.41. The minimum Gasteiger partial charge on any atom is -0.122 e. The van der Waals surface area contributed by atoms with E-state index >= 15 is 0 Å². The van der Waals surface area contributed by atoms with Crippen molar-refractivity contribution in [1.82, 2.24) is 0 Å². The van der Waals surface area contributed by atoms with Crippen LogP contribution in [0, 0.1) is 0 Å². The Morgan fingerprint density at radius 2 is 2.21 bits per heavy atom. The molecule has 0 nitrogen and oxygen atoms in total. The molecule has 0 saturated heterocycles.